The Labute approximate surface area is 121 Å². The van der Waals surface area contributed by atoms with Crippen molar-refractivity contribution >= 4 is 27.4 Å². The fraction of sp³-hybridized carbons (Fsp3) is 0.267. The standard InChI is InChI=1S/C15H16BrN3/c16-12-8-14(17)15(18-9-12)19-13-6-5-10-3-1-2-4-11(10)7-13/h1-4,8-9,13H,5-7,17H2,(H,18,19). The molecule has 1 aliphatic carbocycles. The fourth-order valence-corrected chi connectivity index (χ4v) is 2.94. The number of aryl methyl sites for hydroxylation is 1. The minimum atomic E-state index is 0.408. The number of pyridine rings is 1. The van der Waals surface area contributed by atoms with E-state index < -0.39 is 0 Å². The second-order valence-electron chi connectivity index (χ2n) is 4.94. The Morgan fingerprint density at radius 2 is 2.05 bits per heavy atom. The minimum absolute atomic E-state index is 0.408. The third-order valence-electron chi connectivity index (χ3n) is 3.57. The lowest BCUT2D eigenvalue weighted by Gasteiger charge is -2.26. The maximum atomic E-state index is 5.98. The van der Waals surface area contributed by atoms with Crippen LogP contribution in [0.5, 0.6) is 0 Å². The average molecular weight is 318 g/mol. The second-order valence-corrected chi connectivity index (χ2v) is 5.86. The predicted octanol–water partition coefficient (Wildman–Crippen LogP) is 3.40. The van der Waals surface area contributed by atoms with Crippen LogP contribution >= 0.6 is 15.9 Å². The van der Waals surface area contributed by atoms with Crippen molar-refractivity contribution in [3.05, 3.63) is 52.1 Å². The van der Waals surface area contributed by atoms with E-state index in [2.05, 4.69) is 50.5 Å². The number of nitrogens with two attached hydrogens (primary N) is 1. The third kappa shape index (κ3) is 2.73. The molecule has 0 saturated heterocycles. The van der Waals surface area contributed by atoms with Crippen molar-refractivity contribution < 1.29 is 0 Å². The molecule has 1 unspecified atom stereocenters. The Balaban J connectivity index is 1.75. The zero-order valence-corrected chi connectivity index (χ0v) is 12.2. The second kappa shape index (κ2) is 5.21. The largest absolute Gasteiger partial charge is 0.396 e. The van der Waals surface area contributed by atoms with Crippen molar-refractivity contribution in [3.63, 3.8) is 0 Å². The van der Waals surface area contributed by atoms with Crippen LogP contribution in [0.3, 0.4) is 0 Å². The van der Waals surface area contributed by atoms with Crippen molar-refractivity contribution in [2.24, 2.45) is 0 Å². The van der Waals surface area contributed by atoms with E-state index in [0.717, 1.165) is 29.6 Å². The Hall–Kier alpha value is -1.55. The molecule has 1 aliphatic rings. The van der Waals surface area contributed by atoms with E-state index in [1.165, 1.54) is 11.1 Å². The summed E-state index contributed by atoms with van der Waals surface area (Å²) in [5.74, 6) is 0.785. The summed E-state index contributed by atoms with van der Waals surface area (Å²) in [6, 6.07) is 10.9. The average Bonchev–Trinajstić information content (AvgIpc) is 2.42. The molecule has 0 fully saturated rings. The molecule has 1 aromatic carbocycles. The van der Waals surface area contributed by atoms with Crippen molar-refractivity contribution in [2.75, 3.05) is 11.1 Å². The van der Waals surface area contributed by atoms with Crippen molar-refractivity contribution in [1.29, 1.82) is 0 Å². The van der Waals surface area contributed by atoms with E-state index in [9.17, 15) is 0 Å². The smallest absolute Gasteiger partial charge is 0.149 e. The summed E-state index contributed by atoms with van der Waals surface area (Å²) in [6.45, 7) is 0. The van der Waals surface area contributed by atoms with Crippen molar-refractivity contribution in [3.8, 4) is 0 Å². The predicted molar refractivity (Wildman–Crippen MR) is 82.2 cm³/mol. The van der Waals surface area contributed by atoms with Gasteiger partial charge in [0.05, 0.1) is 5.69 Å². The van der Waals surface area contributed by atoms with Crippen LogP contribution in [0.1, 0.15) is 17.5 Å². The molecule has 4 heteroatoms. The molecule has 0 saturated carbocycles. The summed E-state index contributed by atoms with van der Waals surface area (Å²) < 4.78 is 0.907. The van der Waals surface area contributed by atoms with Gasteiger partial charge in [-0.05, 0) is 52.4 Å². The van der Waals surface area contributed by atoms with Gasteiger partial charge in [0, 0.05) is 16.7 Å². The van der Waals surface area contributed by atoms with Gasteiger partial charge < -0.3 is 11.1 Å². The highest BCUT2D eigenvalue weighted by atomic mass is 79.9. The lowest BCUT2D eigenvalue weighted by molar-refractivity contribution is 0.609. The van der Waals surface area contributed by atoms with Gasteiger partial charge in [0.1, 0.15) is 5.82 Å². The molecular formula is C15H16BrN3. The first-order chi connectivity index (χ1) is 9.22. The maximum absolute atomic E-state index is 5.98. The quantitative estimate of drug-likeness (QED) is 0.892. The molecule has 0 bridgehead atoms. The van der Waals surface area contributed by atoms with Crippen molar-refractivity contribution in [2.45, 2.75) is 25.3 Å². The molecule has 2 aromatic rings. The Bertz CT molecular complexity index is 598. The lowest BCUT2D eigenvalue weighted by atomic mass is 9.88. The number of nitrogens with zero attached hydrogens (tertiary/aromatic N) is 1. The zero-order chi connectivity index (χ0) is 13.2. The summed E-state index contributed by atoms with van der Waals surface area (Å²) in [5.41, 5.74) is 9.57. The van der Waals surface area contributed by atoms with Gasteiger partial charge in [-0.3, -0.25) is 0 Å². The number of halogens is 1. The summed E-state index contributed by atoms with van der Waals surface area (Å²) in [7, 11) is 0. The highest BCUT2D eigenvalue weighted by Crippen LogP contribution is 2.26. The van der Waals surface area contributed by atoms with Crippen LogP contribution in [-0.2, 0) is 12.8 Å². The summed E-state index contributed by atoms with van der Waals surface area (Å²) in [5, 5.41) is 3.46. The number of benzene rings is 1. The van der Waals surface area contributed by atoms with Crippen molar-refractivity contribution in [1.82, 2.24) is 4.98 Å². The van der Waals surface area contributed by atoms with Crippen LogP contribution < -0.4 is 11.1 Å². The number of nitrogen functional groups attached to an aromatic ring is 1. The van der Waals surface area contributed by atoms with Crippen LogP contribution in [0.4, 0.5) is 11.5 Å². The number of aromatic nitrogens is 1. The Morgan fingerprint density at radius 3 is 2.84 bits per heavy atom. The number of hydrogen-bond acceptors (Lipinski definition) is 3. The van der Waals surface area contributed by atoms with Crippen LogP contribution in [-0.4, -0.2) is 11.0 Å². The molecule has 0 spiro atoms. The number of fused-ring (bicyclic) bond motifs is 1. The topological polar surface area (TPSA) is 50.9 Å². The van der Waals surface area contributed by atoms with Crippen LogP contribution in [0.2, 0.25) is 0 Å². The Kier molecular flexibility index (Phi) is 3.42. The molecule has 0 aliphatic heterocycles. The molecule has 98 valence electrons. The fourth-order valence-electron chi connectivity index (χ4n) is 2.59. The third-order valence-corrected chi connectivity index (χ3v) is 4.01. The molecular weight excluding hydrogens is 302 g/mol. The van der Waals surface area contributed by atoms with E-state index in [4.69, 9.17) is 5.73 Å². The number of rotatable bonds is 2. The van der Waals surface area contributed by atoms with Gasteiger partial charge in [-0.25, -0.2) is 4.98 Å². The summed E-state index contributed by atoms with van der Waals surface area (Å²) in [6.07, 6.45) is 5.04. The molecule has 1 heterocycles. The van der Waals surface area contributed by atoms with Crippen LogP contribution in [0.25, 0.3) is 0 Å². The molecule has 3 nitrogen and oxygen atoms in total. The first kappa shape index (κ1) is 12.5. The molecule has 0 radical (unpaired) electrons. The molecule has 1 atom stereocenters. The van der Waals surface area contributed by atoms with Crippen LogP contribution in [0, 0.1) is 0 Å². The van der Waals surface area contributed by atoms with Gasteiger partial charge in [-0.2, -0.15) is 0 Å². The van der Waals surface area contributed by atoms with Gasteiger partial charge in [-0.15, -0.1) is 0 Å². The normalized spacial score (nSPS) is 17.8. The monoisotopic (exact) mass is 317 g/mol. The zero-order valence-electron chi connectivity index (χ0n) is 10.6. The van der Waals surface area contributed by atoms with E-state index >= 15 is 0 Å². The van der Waals surface area contributed by atoms with Gasteiger partial charge in [0.2, 0.25) is 0 Å². The van der Waals surface area contributed by atoms with E-state index in [1.807, 2.05) is 6.07 Å². The van der Waals surface area contributed by atoms with Gasteiger partial charge >= 0.3 is 0 Å². The number of hydrogen-bond donors (Lipinski definition) is 2. The van der Waals surface area contributed by atoms with Gasteiger partial charge in [0.25, 0.3) is 0 Å². The first-order valence-electron chi connectivity index (χ1n) is 6.47. The summed E-state index contributed by atoms with van der Waals surface area (Å²) in [4.78, 5) is 4.34. The van der Waals surface area contributed by atoms with Crippen LogP contribution in [0.15, 0.2) is 41.0 Å². The number of anilines is 2. The highest BCUT2D eigenvalue weighted by Gasteiger charge is 2.18. The van der Waals surface area contributed by atoms with E-state index in [0.29, 0.717) is 11.7 Å². The highest BCUT2D eigenvalue weighted by molar-refractivity contribution is 9.10. The SMILES string of the molecule is Nc1cc(Br)cnc1NC1CCc2ccccc2C1. The van der Waals surface area contributed by atoms with Gasteiger partial charge in [-0.1, -0.05) is 24.3 Å². The molecule has 3 rings (SSSR count). The first-order valence-corrected chi connectivity index (χ1v) is 7.26. The maximum Gasteiger partial charge on any atom is 0.149 e. The Morgan fingerprint density at radius 1 is 1.26 bits per heavy atom. The summed E-state index contributed by atoms with van der Waals surface area (Å²) >= 11 is 3.37. The minimum Gasteiger partial charge on any atom is -0.396 e. The molecule has 19 heavy (non-hydrogen) atoms. The van der Waals surface area contributed by atoms with Gasteiger partial charge in [0.15, 0.2) is 0 Å². The van der Waals surface area contributed by atoms with E-state index in [1.54, 1.807) is 6.20 Å². The number of nitrogens with one attached hydrogen (secondary N) is 1. The molecule has 0 amide bonds. The molecule has 3 N–H and O–H groups in total. The lowest BCUT2D eigenvalue weighted by Crippen LogP contribution is -2.28. The molecule has 1 aromatic heterocycles. The van der Waals surface area contributed by atoms with E-state index in [-0.39, 0.29) is 0 Å².